The molecule has 0 fully saturated rings. The van der Waals surface area contributed by atoms with E-state index < -0.39 is 0 Å². The number of nitrogen functional groups attached to an aromatic ring is 1. The topological polar surface area (TPSA) is 64.9 Å². The van der Waals surface area contributed by atoms with E-state index in [4.69, 9.17) is 10.3 Å². The molecule has 6 heteroatoms. The minimum Gasteiger partial charge on any atom is -0.398 e. The van der Waals surface area contributed by atoms with Gasteiger partial charge in [0.2, 0.25) is 11.7 Å². The highest BCUT2D eigenvalue weighted by Gasteiger charge is 2.12. The molecule has 2 aromatic carbocycles. The lowest BCUT2D eigenvalue weighted by Gasteiger charge is -2.00. The Balaban J connectivity index is 1.88. The zero-order valence-electron chi connectivity index (χ0n) is 10.9. The second-order valence-electron chi connectivity index (χ2n) is 4.55. The third-order valence-electron chi connectivity index (χ3n) is 2.99. The van der Waals surface area contributed by atoms with Gasteiger partial charge < -0.3 is 10.3 Å². The van der Waals surface area contributed by atoms with Crippen LogP contribution < -0.4 is 5.73 Å². The number of nitrogens with two attached hydrogens (primary N) is 1. The van der Waals surface area contributed by atoms with Gasteiger partial charge in [0.05, 0.1) is 6.42 Å². The first-order chi connectivity index (χ1) is 10.1. The number of halogens is 2. The normalized spacial score (nSPS) is 10.8. The molecule has 0 amide bonds. The Labute approximate surface area is 128 Å². The van der Waals surface area contributed by atoms with E-state index >= 15 is 0 Å². The predicted octanol–water partition coefficient (Wildman–Crippen LogP) is 3.81. The Morgan fingerprint density at radius 3 is 2.76 bits per heavy atom. The van der Waals surface area contributed by atoms with Crippen molar-refractivity contribution < 1.29 is 8.91 Å². The first-order valence-corrected chi connectivity index (χ1v) is 7.03. The van der Waals surface area contributed by atoms with Crippen molar-refractivity contribution in [3.8, 4) is 11.4 Å². The van der Waals surface area contributed by atoms with Crippen molar-refractivity contribution in [3.05, 3.63) is 64.2 Å². The summed E-state index contributed by atoms with van der Waals surface area (Å²) >= 11 is 3.24. The van der Waals surface area contributed by atoms with Crippen molar-refractivity contribution in [1.82, 2.24) is 10.1 Å². The van der Waals surface area contributed by atoms with Gasteiger partial charge in [-0.15, -0.1) is 0 Å². The van der Waals surface area contributed by atoms with Gasteiger partial charge in [-0.1, -0.05) is 39.3 Å². The second-order valence-corrected chi connectivity index (χ2v) is 5.46. The number of rotatable bonds is 3. The van der Waals surface area contributed by atoms with Crippen LogP contribution in [0.5, 0.6) is 0 Å². The van der Waals surface area contributed by atoms with E-state index in [2.05, 4.69) is 26.1 Å². The minimum absolute atomic E-state index is 0.347. The predicted molar refractivity (Wildman–Crippen MR) is 81.1 cm³/mol. The third-order valence-corrected chi connectivity index (χ3v) is 3.44. The van der Waals surface area contributed by atoms with Crippen LogP contribution in [-0.2, 0) is 6.42 Å². The van der Waals surface area contributed by atoms with Crippen molar-refractivity contribution in [2.75, 3.05) is 5.73 Å². The summed E-state index contributed by atoms with van der Waals surface area (Å²) in [5.41, 5.74) is 8.02. The molecule has 1 aromatic heterocycles. The molecule has 106 valence electrons. The summed E-state index contributed by atoms with van der Waals surface area (Å²) in [5, 5.41) is 3.88. The smallest absolute Gasteiger partial charge is 0.231 e. The van der Waals surface area contributed by atoms with Gasteiger partial charge in [0.25, 0.3) is 0 Å². The Bertz CT molecular complexity index is 768. The minimum atomic E-state index is -0.363. The quantitative estimate of drug-likeness (QED) is 0.731. The highest BCUT2D eigenvalue weighted by molar-refractivity contribution is 9.10. The van der Waals surface area contributed by atoms with E-state index in [1.807, 2.05) is 24.3 Å². The summed E-state index contributed by atoms with van der Waals surface area (Å²) in [6.45, 7) is 0. The summed E-state index contributed by atoms with van der Waals surface area (Å²) in [6.07, 6.45) is 0.441. The maximum Gasteiger partial charge on any atom is 0.231 e. The van der Waals surface area contributed by atoms with Gasteiger partial charge >= 0.3 is 0 Å². The van der Waals surface area contributed by atoms with Crippen molar-refractivity contribution in [3.63, 3.8) is 0 Å². The molecule has 0 atom stereocenters. The number of aromatic nitrogens is 2. The van der Waals surface area contributed by atoms with Crippen LogP contribution in [0.1, 0.15) is 11.5 Å². The first kappa shape index (κ1) is 13.8. The third kappa shape index (κ3) is 3.11. The van der Waals surface area contributed by atoms with Crippen LogP contribution in [-0.4, -0.2) is 10.1 Å². The molecule has 4 nitrogen and oxygen atoms in total. The van der Waals surface area contributed by atoms with Crippen LogP contribution in [0.25, 0.3) is 11.4 Å². The van der Waals surface area contributed by atoms with Crippen molar-refractivity contribution in [2.24, 2.45) is 0 Å². The zero-order chi connectivity index (χ0) is 14.8. The van der Waals surface area contributed by atoms with Crippen molar-refractivity contribution >= 4 is 21.6 Å². The molecular formula is C15H11BrFN3O. The summed E-state index contributed by atoms with van der Waals surface area (Å²) in [4.78, 5) is 4.28. The molecule has 0 radical (unpaired) electrons. The maximum atomic E-state index is 13.4. The Hall–Kier alpha value is -2.21. The van der Waals surface area contributed by atoms with E-state index in [9.17, 15) is 4.39 Å². The molecule has 2 N–H and O–H groups in total. The first-order valence-electron chi connectivity index (χ1n) is 6.24. The Kier molecular flexibility index (Phi) is 3.70. The number of benzene rings is 2. The lowest BCUT2D eigenvalue weighted by molar-refractivity contribution is 0.386. The van der Waals surface area contributed by atoms with Crippen molar-refractivity contribution in [2.45, 2.75) is 6.42 Å². The van der Waals surface area contributed by atoms with Gasteiger partial charge in [-0.25, -0.2) is 4.39 Å². The average molecular weight is 348 g/mol. The second kappa shape index (κ2) is 5.65. The lowest BCUT2D eigenvalue weighted by Crippen LogP contribution is -1.95. The molecule has 0 saturated heterocycles. The van der Waals surface area contributed by atoms with Crippen LogP contribution in [0.3, 0.4) is 0 Å². The SMILES string of the molecule is Nc1ccccc1Cc1nc(-c2cc(F)cc(Br)c2)no1. The molecule has 3 rings (SSSR count). The van der Waals surface area contributed by atoms with Gasteiger partial charge in [-0.3, -0.25) is 0 Å². The number of para-hydroxylation sites is 1. The van der Waals surface area contributed by atoms with Crippen LogP contribution >= 0.6 is 15.9 Å². The van der Waals surface area contributed by atoms with E-state index in [0.717, 1.165) is 5.56 Å². The molecule has 0 unspecified atom stereocenters. The molecule has 0 spiro atoms. The number of nitrogens with zero attached hydrogens (tertiary/aromatic N) is 2. The molecule has 21 heavy (non-hydrogen) atoms. The molecule has 3 aromatic rings. The molecule has 0 aliphatic heterocycles. The van der Waals surface area contributed by atoms with Gasteiger partial charge in [0.15, 0.2) is 0 Å². The molecule has 0 saturated carbocycles. The van der Waals surface area contributed by atoms with Crippen LogP contribution in [0.4, 0.5) is 10.1 Å². The van der Waals surface area contributed by atoms with Crippen LogP contribution in [0.15, 0.2) is 51.5 Å². The standard InChI is InChI=1S/C15H11BrFN3O/c16-11-5-10(6-12(17)8-11)15-19-14(21-20-15)7-9-3-1-2-4-13(9)18/h1-6,8H,7,18H2. The van der Waals surface area contributed by atoms with E-state index in [1.165, 1.54) is 12.1 Å². The molecule has 0 bridgehead atoms. The number of hydrogen-bond donors (Lipinski definition) is 1. The summed E-state index contributed by atoms with van der Waals surface area (Å²) < 4.78 is 19.2. The molecular weight excluding hydrogens is 337 g/mol. The Morgan fingerprint density at radius 1 is 1.19 bits per heavy atom. The van der Waals surface area contributed by atoms with Crippen molar-refractivity contribution in [1.29, 1.82) is 0 Å². The summed E-state index contributed by atoms with van der Waals surface area (Å²) in [5.74, 6) is 0.418. The highest BCUT2D eigenvalue weighted by Crippen LogP contribution is 2.23. The van der Waals surface area contributed by atoms with Crippen LogP contribution in [0, 0.1) is 5.82 Å². The van der Waals surface area contributed by atoms with Gasteiger partial charge in [0.1, 0.15) is 5.82 Å². The fraction of sp³-hybridized carbons (Fsp3) is 0.0667. The monoisotopic (exact) mass is 347 g/mol. The fourth-order valence-corrected chi connectivity index (χ4v) is 2.45. The van der Waals surface area contributed by atoms with Gasteiger partial charge in [-0.05, 0) is 29.8 Å². The average Bonchev–Trinajstić information content (AvgIpc) is 2.89. The molecule has 0 aliphatic rings. The van der Waals surface area contributed by atoms with E-state index in [1.54, 1.807) is 6.07 Å². The number of hydrogen-bond acceptors (Lipinski definition) is 4. The fourth-order valence-electron chi connectivity index (χ4n) is 1.98. The number of anilines is 1. The molecule has 0 aliphatic carbocycles. The van der Waals surface area contributed by atoms with Gasteiger partial charge in [-0.2, -0.15) is 4.98 Å². The summed E-state index contributed by atoms with van der Waals surface area (Å²) in [6, 6.07) is 11.9. The van der Waals surface area contributed by atoms with Gasteiger partial charge in [0, 0.05) is 15.7 Å². The largest absolute Gasteiger partial charge is 0.398 e. The van der Waals surface area contributed by atoms with E-state index in [-0.39, 0.29) is 5.82 Å². The summed E-state index contributed by atoms with van der Waals surface area (Å²) in [7, 11) is 0. The molecule has 1 heterocycles. The van der Waals surface area contributed by atoms with Crippen LogP contribution in [0.2, 0.25) is 0 Å². The highest BCUT2D eigenvalue weighted by atomic mass is 79.9. The Morgan fingerprint density at radius 2 is 2.00 bits per heavy atom. The maximum absolute atomic E-state index is 13.4. The zero-order valence-corrected chi connectivity index (χ0v) is 12.5. The van der Waals surface area contributed by atoms with E-state index in [0.29, 0.717) is 33.9 Å². The lowest BCUT2D eigenvalue weighted by atomic mass is 10.1.